The minimum Gasteiger partial charge on any atom is -0.496 e. The molecule has 0 atom stereocenters. The number of rotatable bonds is 7. The van der Waals surface area contributed by atoms with Gasteiger partial charge in [0.2, 0.25) is 0 Å². The maximum atomic E-state index is 11.8. The zero-order chi connectivity index (χ0) is 17.5. The van der Waals surface area contributed by atoms with Crippen molar-refractivity contribution in [1.82, 2.24) is 0 Å². The van der Waals surface area contributed by atoms with Crippen LogP contribution in [0, 0.1) is 0 Å². The standard InChI is InChI=1S/C18H18O5S/c1-3-23-18(21)13-6-9-16(15(11-13)22-2)24-14-7-4-12(5-8-14)10-17(19)20/h4-9,11H,3,10H2,1-2H3,(H,19,20). The number of carboxylic acids is 1. The molecule has 0 fully saturated rings. The fraction of sp³-hybridized carbons (Fsp3) is 0.222. The molecule has 0 unspecified atom stereocenters. The first kappa shape index (κ1) is 17.9. The van der Waals surface area contributed by atoms with E-state index in [4.69, 9.17) is 14.6 Å². The summed E-state index contributed by atoms with van der Waals surface area (Å²) in [6, 6.07) is 12.5. The molecule has 1 N–H and O–H groups in total. The molecular formula is C18H18O5S. The zero-order valence-electron chi connectivity index (χ0n) is 13.4. The Morgan fingerprint density at radius 2 is 1.83 bits per heavy atom. The summed E-state index contributed by atoms with van der Waals surface area (Å²) in [5, 5.41) is 8.79. The second-order valence-electron chi connectivity index (χ2n) is 4.90. The first-order valence-corrected chi connectivity index (χ1v) is 8.19. The van der Waals surface area contributed by atoms with Crippen molar-refractivity contribution < 1.29 is 24.2 Å². The van der Waals surface area contributed by atoms with Crippen LogP contribution in [-0.4, -0.2) is 30.8 Å². The smallest absolute Gasteiger partial charge is 0.338 e. The maximum Gasteiger partial charge on any atom is 0.338 e. The van der Waals surface area contributed by atoms with Gasteiger partial charge in [-0.2, -0.15) is 0 Å². The van der Waals surface area contributed by atoms with Gasteiger partial charge in [0.15, 0.2) is 0 Å². The van der Waals surface area contributed by atoms with Crippen LogP contribution in [0.25, 0.3) is 0 Å². The molecule has 0 spiro atoms. The highest BCUT2D eigenvalue weighted by Gasteiger charge is 2.12. The van der Waals surface area contributed by atoms with E-state index >= 15 is 0 Å². The predicted molar refractivity (Wildman–Crippen MR) is 90.9 cm³/mol. The highest BCUT2D eigenvalue weighted by Crippen LogP contribution is 2.35. The van der Waals surface area contributed by atoms with E-state index < -0.39 is 5.97 Å². The lowest BCUT2D eigenvalue weighted by Crippen LogP contribution is -2.04. The maximum absolute atomic E-state index is 11.8. The van der Waals surface area contributed by atoms with E-state index in [9.17, 15) is 9.59 Å². The van der Waals surface area contributed by atoms with Crippen molar-refractivity contribution in [3.63, 3.8) is 0 Å². The summed E-state index contributed by atoms with van der Waals surface area (Å²) >= 11 is 1.48. The minimum absolute atomic E-state index is 0.00249. The third-order valence-electron chi connectivity index (χ3n) is 3.18. The molecule has 6 heteroatoms. The van der Waals surface area contributed by atoms with Crippen LogP contribution in [0.1, 0.15) is 22.8 Å². The third-order valence-corrected chi connectivity index (χ3v) is 4.25. The molecule has 126 valence electrons. The van der Waals surface area contributed by atoms with Crippen LogP contribution in [0.5, 0.6) is 5.75 Å². The number of carboxylic acid groups (broad SMARTS) is 1. The van der Waals surface area contributed by atoms with E-state index in [2.05, 4.69) is 0 Å². The normalized spacial score (nSPS) is 10.2. The van der Waals surface area contributed by atoms with Crippen molar-refractivity contribution in [3.8, 4) is 5.75 Å². The molecule has 0 aliphatic rings. The number of ether oxygens (including phenoxy) is 2. The fourth-order valence-electron chi connectivity index (χ4n) is 2.07. The average molecular weight is 346 g/mol. The zero-order valence-corrected chi connectivity index (χ0v) is 14.3. The van der Waals surface area contributed by atoms with Gasteiger partial charge in [0.05, 0.1) is 30.6 Å². The number of carbonyl (C=O) groups excluding carboxylic acids is 1. The first-order chi connectivity index (χ1) is 11.5. The van der Waals surface area contributed by atoms with Gasteiger partial charge >= 0.3 is 11.9 Å². The van der Waals surface area contributed by atoms with Crippen LogP contribution < -0.4 is 4.74 Å². The molecule has 5 nitrogen and oxygen atoms in total. The number of hydrogen-bond donors (Lipinski definition) is 1. The molecule has 0 amide bonds. The lowest BCUT2D eigenvalue weighted by atomic mass is 10.2. The molecule has 0 aromatic heterocycles. The number of esters is 1. The predicted octanol–water partition coefficient (Wildman–Crippen LogP) is 3.65. The number of methoxy groups -OCH3 is 1. The van der Waals surface area contributed by atoms with Gasteiger partial charge in [0.1, 0.15) is 5.75 Å². The molecule has 0 aliphatic heterocycles. The topological polar surface area (TPSA) is 72.8 Å². The second-order valence-corrected chi connectivity index (χ2v) is 6.02. The third kappa shape index (κ3) is 4.76. The van der Waals surface area contributed by atoms with E-state index in [-0.39, 0.29) is 12.4 Å². The molecule has 24 heavy (non-hydrogen) atoms. The van der Waals surface area contributed by atoms with Crippen LogP contribution in [0.15, 0.2) is 52.3 Å². The van der Waals surface area contributed by atoms with Crippen molar-refractivity contribution in [1.29, 1.82) is 0 Å². The van der Waals surface area contributed by atoms with E-state index in [1.165, 1.54) is 11.8 Å². The summed E-state index contributed by atoms with van der Waals surface area (Å²) in [7, 11) is 1.55. The van der Waals surface area contributed by atoms with Crippen molar-refractivity contribution in [2.45, 2.75) is 23.1 Å². The minimum atomic E-state index is -0.855. The van der Waals surface area contributed by atoms with Crippen molar-refractivity contribution in [2.75, 3.05) is 13.7 Å². The van der Waals surface area contributed by atoms with Gasteiger partial charge in [0.25, 0.3) is 0 Å². The molecule has 0 heterocycles. The molecule has 0 radical (unpaired) electrons. The average Bonchev–Trinajstić information content (AvgIpc) is 2.56. The highest BCUT2D eigenvalue weighted by molar-refractivity contribution is 7.99. The summed E-state index contributed by atoms with van der Waals surface area (Å²) < 4.78 is 10.3. The molecular weight excluding hydrogens is 328 g/mol. The molecule has 2 aromatic rings. The number of hydrogen-bond acceptors (Lipinski definition) is 5. The Morgan fingerprint density at radius 3 is 2.42 bits per heavy atom. The van der Waals surface area contributed by atoms with Crippen LogP contribution in [0.2, 0.25) is 0 Å². The van der Waals surface area contributed by atoms with Crippen molar-refractivity contribution >= 4 is 23.7 Å². The number of benzene rings is 2. The molecule has 2 rings (SSSR count). The molecule has 0 aliphatic carbocycles. The summed E-state index contributed by atoms with van der Waals surface area (Å²) in [6.07, 6.45) is 0.00249. The Kier molecular flexibility index (Phi) is 6.26. The summed E-state index contributed by atoms with van der Waals surface area (Å²) in [4.78, 5) is 24.3. The fourth-order valence-corrected chi connectivity index (χ4v) is 2.98. The van der Waals surface area contributed by atoms with Gasteiger partial charge in [-0.15, -0.1) is 0 Å². The first-order valence-electron chi connectivity index (χ1n) is 7.37. The molecule has 0 saturated carbocycles. The number of aliphatic carboxylic acids is 1. The molecule has 0 bridgehead atoms. The lowest BCUT2D eigenvalue weighted by molar-refractivity contribution is -0.136. The Bertz CT molecular complexity index is 725. The van der Waals surface area contributed by atoms with Crippen LogP contribution in [0.4, 0.5) is 0 Å². The Morgan fingerprint density at radius 1 is 1.12 bits per heavy atom. The van der Waals surface area contributed by atoms with Gasteiger partial charge in [-0.25, -0.2) is 4.79 Å². The van der Waals surface area contributed by atoms with Gasteiger partial charge in [-0.3, -0.25) is 4.79 Å². The highest BCUT2D eigenvalue weighted by atomic mass is 32.2. The SMILES string of the molecule is CCOC(=O)c1ccc(Sc2ccc(CC(=O)O)cc2)c(OC)c1. The van der Waals surface area contributed by atoms with Crippen molar-refractivity contribution in [3.05, 3.63) is 53.6 Å². The van der Waals surface area contributed by atoms with Crippen LogP contribution in [-0.2, 0) is 16.0 Å². The van der Waals surface area contributed by atoms with E-state index in [1.807, 2.05) is 12.1 Å². The van der Waals surface area contributed by atoms with E-state index in [0.717, 1.165) is 15.4 Å². The van der Waals surface area contributed by atoms with Gasteiger partial charge in [-0.1, -0.05) is 23.9 Å². The van der Waals surface area contributed by atoms with Crippen molar-refractivity contribution in [2.24, 2.45) is 0 Å². The monoisotopic (exact) mass is 346 g/mol. The van der Waals surface area contributed by atoms with Crippen LogP contribution in [0.3, 0.4) is 0 Å². The lowest BCUT2D eigenvalue weighted by Gasteiger charge is -2.10. The number of carbonyl (C=O) groups is 2. The van der Waals surface area contributed by atoms with Gasteiger partial charge in [-0.05, 0) is 42.8 Å². The summed E-state index contributed by atoms with van der Waals surface area (Å²) in [5.74, 6) is -0.655. The van der Waals surface area contributed by atoms with Gasteiger partial charge in [0, 0.05) is 4.90 Å². The van der Waals surface area contributed by atoms with E-state index in [1.54, 1.807) is 44.4 Å². The molecule has 2 aromatic carbocycles. The second kappa shape index (κ2) is 8.40. The summed E-state index contributed by atoms with van der Waals surface area (Å²) in [5.41, 5.74) is 1.19. The van der Waals surface area contributed by atoms with Gasteiger partial charge < -0.3 is 14.6 Å². The molecule has 0 saturated heterocycles. The quantitative estimate of drug-likeness (QED) is 0.772. The Hall–Kier alpha value is -2.47. The largest absolute Gasteiger partial charge is 0.496 e. The van der Waals surface area contributed by atoms with Crippen LogP contribution >= 0.6 is 11.8 Å². The summed E-state index contributed by atoms with van der Waals surface area (Å²) in [6.45, 7) is 2.08. The Labute approximate surface area is 144 Å². The van der Waals surface area contributed by atoms with E-state index in [0.29, 0.717) is 17.9 Å². The Balaban J connectivity index is 2.16.